The molecule has 0 amide bonds. The molecule has 2 unspecified atom stereocenters. The van der Waals surface area contributed by atoms with Crippen molar-refractivity contribution in [2.24, 2.45) is 0 Å². The van der Waals surface area contributed by atoms with E-state index in [-0.39, 0.29) is 6.04 Å². The molecule has 2 aliphatic heterocycles. The molecule has 2 aromatic rings. The molecule has 2 heterocycles. The van der Waals surface area contributed by atoms with Crippen LogP contribution in [0, 0.1) is 0 Å². The predicted molar refractivity (Wildman–Crippen MR) is 102 cm³/mol. The van der Waals surface area contributed by atoms with Crippen LogP contribution in [0.4, 0.5) is 30.2 Å². The van der Waals surface area contributed by atoms with E-state index in [0.29, 0.717) is 16.6 Å². The summed E-state index contributed by atoms with van der Waals surface area (Å²) in [5, 5.41) is 10.2. The van der Waals surface area contributed by atoms with Gasteiger partial charge in [0.1, 0.15) is 0 Å². The fraction of sp³-hybridized carbons (Fsp3) is 0.300. The van der Waals surface area contributed by atoms with E-state index < -0.39 is 11.7 Å². The fourth-order valence-electron chi connectivity index (χ4n) is 4.04. The Balaban J connectivity index is 1.56. The average Bonchev–Trinajstić information content (AvgIpc) is 2.92. The van der Waals surface area contributed by atoms with E-state index in [1.54, 1.807) is 0 Å². The minimum atomic E-state index is -4.38. The second kappa shape index (κ2) is 6.21. The number of hydrogen-bond donors (Lipinski definition) is 3. The van der Waals surface area contributed by atoms with Gasteiger partial charge in [-0.05, 0) is 42.7 Å². The lowest BCUT2D eigenvalue weighted by Crippen LogP contribution is -2.28. The zero-order valence-electron chi connectivity index (χ0n) is 14.4. The number of alkyl halides is 3. The van der Waals surface area contributed by atoms with E-state index in [0.717, 1.165) is 35.7 Å². The van der Waals surface area contributed by atoms with Gasteiger partial charge in [-0.2, -0.15) is 13.2 Å². The highest BCUT2D eigenvalue weighted by Crippen LogP contribution is 2.50. The Bertz CT molecular complexity index is 939. The van der Waals surface area contributed by atoms with E-state index in [1.165, 1.54) is 29.5 Å². The number of fused-ring (bicyclic) bond motifs is 4. The van der Waals surface area contributed by atoms with Crippen LogP contribution in [0.1, 0.15) is 18.4 Å². The number of rotatable bonds is 2. The molecule has 3 aliphatic rings. The molecule has 3 nitrogen and oxygen atoms in total. The molecule has 3 N–H and O–H groups in total. The van der Waals surface area contributed by atoms with Gasteiger partial charge in [-0.25, -0.2) is 0 Å². The highest BCUT2D eigenvalue weighted by Gasteiger charge is 2.35. The van der Waals surface area contributed by atoms with Gasteiger partial charge in [0, 0.05) is 28.4 Å². The Morgan fingerprint density at radius 2 is 1.96 bits per heavy atom. The molecular weight excluding hydrogens is 371 g/mol. The average molecular weight is 389 g/mol. The molecule has 0 spiro atoms. The van der Waals surface area contributed by atoms with E-state index >= 15 is 0 Å². The van der Waals surface area contributed by atoms with Crippen LogP contribution < -0.4 is 16.0 Å². The summed E-state index contributed by atoms with van der Waals surface area (Å²) >= 11 is 1.37. The molecule has 1 saturated carbocycles. The molecular formula is C20H18F3N3S. The lowest BCUT2D eigenvalue weighted by molar-refractivity contribution is -0.137. The van der Waals surface area contributed by atoms with Crippen LogP contribution in [0.25, 0.3) is 0 Å². The molecule has 2 atom stereocenters. The number of anilines is 3. The lowest BCUT2D eigenvalue weighted by Gasteiger charge is -2.27. The van der Waals surface area contributed by atoms with Gasteiger partial charge in [0.15, 0.2) is 0 Å². The third-order valence-electron chi connectivity index (χ3n) is 5.35. The van der Waals surface area contributed by atoms with Gasteiger partial charge in [-0.1, -0.05) is 30.0 Å². The number of halogens is 3. The summed E-state index contributed by atoms with van der Waals surface area (Å²) in [6.45, 7) is 0.834. The molecule has 1 aliphatic carbocycles. The largest absolute Gasteiger partial charge is 0.416 e. The third kappa shape index (κ3) is 3.08. The highest BCUT2D eigenvalue weighted by molar-refractivity contribution is 7.99. The topological polar surface area (TPSA) is 36.1 Å². The first-order valence-electron chi connectivity index (χ1n) is 8.95. The Labute approximate surface area is 159 Å². The van der Waals surface area contributed by atoms with E-state index in [9.17, 15) is 13.2 Å². The lowest BCUT2D eigenvalue weighted by atomic mass is 10.1. The van der Waals surface area contributed by atoms with Crippen molar-refractivity contribution in [3.8, 4) is 0 Å². The van der Waals surface area contributed by atoms with Gasteiger partial charge in [0.25, 0.3) is 0 Å². The van der Waals surface area contributed by atoms with Gasteiger partial charge in [0.2, 0.25) is 0 Å². The zero-order chi connectivity index (χ0) is 18.6. The second-order valence-electron chi connectivity index (χ2n) is 7.14. The quantitative estimate of drug-likeness (QED) is 0.514. The zero-order valence-corrected chi connectivity index (χ0v) is 15.2. The molecule has 0 aromatic heterocycles. The van der Waals surface area contributed by atoms with Crippen LogP contribution >= 0.6 is 11.8 Å². The minimum absolute atomic E-state index is 0.0709. The second-order valence-corrected chi connectivity index (χ2v) is 8.22. The van der Waals surface area contributed by atoms with Crippen molar-refractivity contribution in [1.29, 1.82) is 0 Å². The summed E-state index contributed by atoms with van der Waals surface area (Å²) in [6.07, 6.45) is -0.376. The van der Waals surface area contributed by atoms with Crippen molar-refractivity contribution in [2.45, 2.75) is 40.9 Å². The van der Waals surface area contributed by atoms with E-state index in [4.69, 9.17) is 0 Å². The number of benzene rings is 2. The first-order valence-corrected chi connectivity index (χ1v) is 9.77. The Morgan fingerprint density at radius 3 is 2.78 bits per heavy atom. The van der Waals surface area contributed by atoms with E-state index in [2.05, 4.69) is 22.0 Å². The SMILES string of the molecule is FC(F)(F)c1cc(NC2CC3CC2=CCN3)c2c(c1)Sc1ccccc1N2. The molecule has 2 aromatic carbocycles. The van der Waals surface area contributed by atoms with Crippen molar-refractivity contribution in [1.82, 2.24) is 5.32 Å². The van der Waals surface area contributed by atoms with Crippen LogP contribution in [0.3, 0.4) is 0 Å². The van der Waals surface area contributed by atoms with Crippen LogP contribution in [0.2, 0.25) is 0 Å². The fourth-order valence-corrected chi connectivity index (χ4v) is 5.10. The van der Waals surface area contributed by atoms with Crippen molar-refractivity contribution in [3.63, 3.8) is 0 Å². The van der Waals surface area contributed by atoms with Crippen molar-refractivity contribution >= 4 is 28.8 Å². The standard InChI is InChI=1S/C20H18F3N3S/c21-20(22,23)12-8-16(25-15-10-13-7-11(15)5-6-24-13)19-18(9-12)27-17-4-2-1-3-14(17)26-19/h1-5,8-9,13,15,24-26H,6-7,10H2. The van der Waals surface area contributed by atoms with Crippen molar-refractivity contribution in [3.05, 3.63) is 53.6 Å². The summed E-state index contributed by atoms with van der Waals surface area (Å²) in [7, 11) is 0. The number of para-hydroxylation sites is 1. The predicted octanol–water partition coefficient (Wildman–Crippen LogP) is 5.39. The number of hydrogen-bond acceptors (Lipinski definition) is 4. The van der Waals surface area contributed by atoms with E-state index in [1.807, 2.05) is 24.3 Å². The van der Waals surface area contributed by atoms with Gasteiger partial charge in [-0.3, -0.25) is 0 Å². The normalized spacial score (nSPS) is 23.1. The summed E-state index contributed by atoms with van der Waals surface area (Å²) in [6, 6.07) is 10.6. The number of nitrogens with one attached hydrogen (secondary N) is 3. The monoisotopic (exact) mass is 389 g/mol. The van der Waals surface area contributed by atoms with Crippen molar-refractivity contribution < 1.29 is 13.2 Å². The smallest absolute Gasteiger partial charge is 0.377 e. The summed E-state index contributed by atoms with van der Waals surface area (Å²) in [4.78, 5) is 1.53. The molecule has 2 bridgehead atoms. The Hall–Kier alpha value is -2.12. The Morgan fingerprint density at radius 1 is 1.11 bits per heavy atom. The first-order chi connectivity index (χ1) is 13.0. The molecule has 0 radical (unpaired) electrons. The summed E-state index contributed by atoms with van der Waals surface area (Å²) in [5.41, 5.74) is 2.82. The Kier molecular flexibility index (Phi) is 3.91. The highest BCUT2D eigenvalue weighted by atomic mass is 32.2. The maximum absolute atomic E-state index is 13.5. The van der Waals surface area contributed by atoms with Crippen LogP contribution in [-0.4, -0.2) is 18.6 Å². The molecule has 1 fully saturated rings. The van der Waals surface area contributed by atoms with Gasteiger partial charge < -0.3 is 16.0 Å². The maximum atomic E-state index is 13.5. The van der Waals surface area contributed by atoms with Crippen molar-refractivity contribution in [2.75, 3.05) is 17.2 Å². The molecule has 27 heavy (non-hydrogen) atoms. The third-order valence-corrected chi connectivity index (χ3v) is 6.46. The molecule has 7 heteroatoms. The summed E-state index contributed by atoms with van der Waals surface area (Å²) in [5.74, 6) is 0. The maximum Gasteiger partial charge on any atom is 0.416 e. The molecule has 5 rings (SSSR count). The van der Waals surface area contributed by atoms with Gasteiger partial charge in [-0.15, -0.1) is 0 Å². The first kappa shape index (κ1) is 17.0. The van der Waals surface area contributed by atoms with Crippen LogP contribution in [0.15, 0.2) is 57.8 Å². The minimum Gasteiger partial charge on any atom is -0.377 e. The van der Waals surface area contributed by atoms with Crippen LogP contribution in [0.5, 0.6) is 0 Å². The molecule has 140 valence electrons. The summed E-state index contributed by atoms with van der Waals surface area (Å²) < 4.78 is 40.5. The van der Waals surface area contributed by atoms with Crippen LogP contribution in [-0.2, 0) is 6.18 Å². The molecule has 0 saturated heterocycles. The van der Waals surface area contributed by atoms with Gasteiger partial charge in [0.05, 0.1) is 22.6 Å². The van der Waals surface area contributed by atoms with Gasteiger partial charge >= 0.3 is 6.18 Å².